The molecule has 2 N–H and O–H groups in total. The summed E-state index contributed by atoms with van der Waals surface area (Å²) in [5.74, 6) is 0.585. The molecule has 164 valence electrons. The van der Waals surface area contributed by atoms with Crippen molar-refractivity contribution in [1.29, 1.82) is 0 Å². The maximum Gasteiger partial charge on any atom is 0.126 e. The molecule has 0 bridgehead atoms. The van der Waals surface area contributed by atoms with Crippen LogP contribution < -0.4 is 0 Å². The van der Waals surface area contributed by atoms with E-state index in [1.807, 2.05) is 13.0 Å². The monoisotopic (exact) mass is 408 g/mol. The molecule has 2 rings (SSSR count). The van der Waals surface area contributed by atoms with Crippen LogP contribution in [0.3, 0.4) is 0 Å². The van der Waals surface area contributed by atoms with Crippen LogP contribution in [-0.4, -0.2) is 10.2 Å². The van der Waals surface area contributed by atoms with Gasteiger partial charge in [-0.25, -0.2) is 0 Å². The summed E-state index contributed by atoms with van der Waals surface area (Å²) in [6, 6.07) is 8.33. The molecular weight excluding hydrogens is 368 g/mol. The van der Waals surface area contributed by atoms with E-state index in [0.717, 1.165) is 33.4 Å². The van der Waals surface area contributed by atoms with Gasteiger partial charge in [0.25, 0.3) is 0 Å². The Bertz CT molecular complexity index is 958. The van der Waals surface area contributed by atoms with E-state index in [-0.39, 0.29) is 22.0 Å². The fourth-order valence-electron chi connectivity index (χ4n) is 3.63. The van der Waals surface area contributed by atoms with Gasteiger partial charge in [-0.3, -0.25) is 0 Å². The van der Waals surface area contributed by atoms with Gasteiger partial charge >= 0.3 is 0 Å². The number of hydrogen-bond acceptors (Lipinski definition) is 2. The summed E-state index contributed by atoms with van der Waals surface area (Å²) in [5, 5.41) is 22.2. The van der Waals surface area contributed by atoms with E-state index in [4.69, 9.17) is 0 Å². The molecule has 0 heterocycles. The van der Waals surface area contributed by atoms with Gasteiger partial charge in [-0.1, -0.05) is 87.1 Å². The molecule has 2 aromatic rings. The topological polar surface area (TPSA) is 40.5 Å². The third-order valence-electron chi connectivity index (χ3n) is 5.76. The van der Waals surface area contributed by atoms with Gasteiger partial charge in [0.1, 0.15) is 11.5 Å². The van der Waals surface area contributed by atoms with Crippen LogP contribution in [0.2, 0.25) is 0 Å². The molecule has 0 saturated heterocycles. The Morgan fingerprint density at radius 3 is 1.53 bits per heavy atom. The van der Waals surface area contributed by atoms with Crippen molar-refractivity contribution in [1.82, 2.24) is 0 Å². The summed E-state index contributed by atoms with van der Waals surface area (Å²) < 4.78 is 0. The second-order valence-corrected chi connectivity index (χ2v) is 11.8. The van der Waals surface area contributed by atoms with Crippen molar-refractivity contribution in [2.75, 3.05) is 0 Å². The molecule has 2 nitrogen and oxygen atoms in total. The lowest BCUT2D eigenvalue weighted by molar-refractivity contribution is 0.438. The summed E-state index contributed by atoms with van der Waals surface area (Å²) in [6.45, 7) is 25.4. The van der Waals surface area contributed by atoms with Crippen molar-refractivity contribution in [2.45, 2.75) is 91.9 Å². The molecule has 0 fully saturated rings. The third-order valence-corrected chi connectivity index (χ3v) is 5.76. The lowest BCUT2D eigenvalue weighted by Crippen LogP contribution is -2.17. The normalized spacial score (nSPS) is 12.9. The van der Waals surface area contributed by atoms with E-state index in [2.05, 4.69) is 87.1 Å². The van der Waals surface area contributed by atoms with Crippen LogP contribution in [0.15, 0.2) is 30.8 Å². The van der Waals surface area contributed by atoms with Gasteiger partial charge in [-0.2, -0.15) is 0 Å². The average molecular weight is 409 g/mol. The summed E-state index contributed by atoms with van der Waals surface area (Å²) in [4.78, 5) is 0. The summed E-state index contributed by atoms with van der Waals surface area (Å²) in [7, 11) is 0. The minimum Gasteiger partial charge on any atom is -0.507 e. The first-order valence-corrected chi connectivity index (χ1v) is 10.8. The maximum absolute atomic E-state index is 11.2. The highest BCUT2D eigenvalue weighted by Crippen LogP contribution is 2.41. The predicted molar refractivity (Wildman–Crippen MR) is 130 cm³/mol. The quantitative estimate of drug-likeness (QED) is 0.548. The number of phenolic OH excluding ortho intramolecular Hbond substituents is 2. The molecule has 0 unspecified atom stereocenters. The number of rotatable bonds is 3. The zero-order valence-corrected chi connectivity index (χ0v) is 20.6. The van der Waals surface area contributed by atoms with Gasteiger partial charge in [0.15, 0.2) is 0 Å². The van der Waals surface area contributed by atoms with Gasteiger partial charge < -0.3 is 10.2 Å². The SMILES string of the molecule is C=C(C)c1cc(C(C)(C)C)cc(Cc2cc(C(C)(C)C)cc(C(C)(C)C)c2O)c1O. The van der Waals surface area contributed by atoms with Gasteiger partial charge in [0.05, 0.1) is 0 Å². The zero-order chi connectivity index (χ0) is 23.2. The largest absolute Gasteiger partial charge is 0.507 e. The number of hydrogen-bond donors (Lipinski definition) is 2. The molecule has 0 spiro atoms. The van der Waals surface area contributed by atoms with E-state index in [1.54, 1.807) is 0 Å². The lowest BCUT2D eigenvalue weighted by atomic mass is 9.78. The molecule has 0 aromatic heterocycles. The van der Waals surface area contributed by atoms with Gasteiger partial charge in [-0.05, 0) is 62.6 Å². The molecule has 0 atom stereocenters. The van der Waals surface area contributed by atoms with E-state index in [0.29, 0.717) is 12.2 Å². The van der Waals surface area contributed by atoms with Gasteiger partial charge in [-0.15, -0.1) is 0 Å². The van der Waals surface area contributed by atoms with Crippen LogP contribution in [-0.2, 0) is 22.7 Å². The number of aromatic hydroxyl groups is 2. The van der Waals surface area contributed by atoms with Crippen LogP contribution in [0, 0.1) is 0 Å². The molecule has 0 aliphatic heterocycles. The Morgan fingerprint density at radius 2 is 1.13 bits per heavy atom. The van der Waals surface area contributed by atoms with E-state index in [9.17, 15) is 10.2 Å². The van der Waals surface area contributed by atoms with E-state index < -0.39 is 0 Å². The first kappa shape index (κ1) is 24.1. The smallest absolute Gasteiger partial charge is 0.126 e. The second kappa shape index (κ2) is 7.80. The highest BCUT2D eigenvalue weighted by molar-refractivity contribution is 5.70. The van der Waals surface area contributed by atoms with Crippen LogP contribution in [0.25, 0.3) is 5.57 Å². The first-order valence-electron chi connectivity index (χ1n) is 10.8. The first-order chi connectivity index (χ1) is 13.4. The molecule has 2 heteroatoms. The summed E-state index contributed by atoms with van der Waals surface area (Å²) in [6.07, 6.45) is 0.467. The second-order valence-electron chi connectivity index (χ2n) is 11.8. The zero-order valence-electron chi connectivity index (χ0n) is 20.6. The van der Waals surface area contributed by atoms with Crippen molar-refractivity contribution in [2.24, 2.45) is 0 Å². The van der Waals surface area contributed by atoms with Crippen LogP contribution >= 0.6 is 0 Å². The summed E-state index contributed by atoms with van der Waals surface area (Å²) >= 11 is 0. The van der Waals surface area contributed by atoms with Crippen molar-refractivity contribution in [3.05, 3.63) is 64.2 Å². The van der Waals surface area contributed by atoms with Crippen molar-refractivity contribution >= 4 is 5.57 Å². The highest BCUT2D eigenvalue weighted by atomic mass is 16.3. The molecule has 0 saturated carbocycles. The van der Waals surface area contributed by atoms with E-state index in [1.165, 1.54) is 5.56 Å². The Kier molecular flexibility index (Phi) is 6.25. The molecule has 2 aromatic carbocycles. The fourth-order valence-corrected chi connectivity index (χ4v) is 3.63. The minimum atomic E-state index is -0.182. The molecule has 0 aliphatic carbocycles. The fraction of sp³-hybridized carbons (Fsp3) is 0.500. The predicted octanol–water partition coefficient (Wildman–Crippen LogP) is 7.61. The maximum atomic E-state index is 11.2. The van der Waals surface area contributed by atoms with Crippen LogP contribution in [0.4, 0.5) is 0 Å². The standard InChI is InChI=1S/C28H40O2/c1-17(2)22-15-20(26(3,4)5)13-18(24(22)29)12-19-14-21(27(6,7)8)16-23(25(19)30)28(9,10)11/h13-16,29-30H,1,12H2,2-11H3. The molecule has 0 aliphatic rings. The number of benzene rings is 2. The van der Waals surface area contributed by atoms with E-state index >= 15 is 0 Å². The van der Waals surface area contributed by atoms with Crippen LogP contribution in [0.1, 0.15) is 103 Å². The lowest BCUT2D eigenvalue weighted by Gasteiger charge is -2.28. The molecule has 0 amide bonds. The van der Waals surface area contributed by atoms with Crippen LogP contribution in [0.5, 0.6) is 11.5 Å². The Labute approximate surface area is 183 Å². The molecule has 0 radical (unpaired) electrons. The molecular formula is C28H40O2. The van der Waals surface area contributed by atoms with Gasteiger partial charge in [0.2, 0.25) is 0 Å². The molecule has 30 heavy (non-hydrogen) atoms. The number of phenols is 2. The number of allylic oxidation sites excluding steroid dienone is 1. The third kappa shape index (κ3) is 5.09. The Balaban J connectivity index is 2.76. The van der Waals surface area contributed by atoms with Crippen molar-refractivity contribution in [3.8, 4) is 11.5 Å². The Morgan fingerprint density at radius 1 is 0.700 bits per heavy atom. The highest BCUT2D eigenvalue weighted by Gasteiger charge is 2.26. The summed E-state index contributed by atoms with van der Waals surface area (Å²) in [5.41, 5.74) is 6.28. The van der Waals surface area contributed by atoms with Crippen molar-refractivity contribution < 1.29 is 10.2 Å². The minimum absolute atomic E-state index is 0.0411. The Hall–Kier alpha value is -2.22. The van der Waals surface area contributed by atoms with Gasteiger partial charge in [0, 0.05) is 12.0 Å². The van der Waals surface area contributed by atoms with Crippen molar-refractivity contribution in [3.63, 3.8) is 0 Å². The average Bonchev–Trinajstić information content (AvgIpc) is 2.54.